The first-order valence-corrected chi connectivity index (χ1v) is 9.16. The number of rotatable bonds is 8. The number of amides is 1. The highest BCUT2D eigenvalue weighted by molar-refractivity contribution is 5.96. The monoisotopic (exact) mass is 395 g/mol. The SMILES string of the molecule is COCCNC(=O)c1cc2ccc(OC(=O)CCc3ccccc3)cc2oc1=O. The Labute approximate surface area is 167 Å². The Hall–Kier alpha value is -3.45. The highest BCUT2D eigenvalue weighted by atomic mass is 16.5. The number of fused-ring (bicyclic) bond motifs is 1. The maximum Gasteiger partial charge on any atom is 0.349 e. The molecule has 1 heterocycles. The van der Waals surface area contributed by atoms with Crippen molar-refractivity contribution in [3.05, 3.63) is 76.1 Å². The zero-order chi connectivity index (χ0) is 20.6. The van der Waals surface area contributed by atoms with Gasteiger partial charge in [0, 0.05) is 31.5 Å². The van der Waals surface area contributed by atoms with Crippen molar-refractivity contribution in [2.45, 2.75) is 12.8 Å². The van der Waals surface area contributed by atoms with Crippen molar-refractivity contribution in [1.29, 1.82) is 0 Å². The van der Waals surface area contributed by atoms with E-state index in [4.69, 9.17) is 13.9 Å². The van der Waals surface area contributed by atoms with Gasteiger partial charge in [-0.3, -0.25) is 9.59 Å². The van der Waals surface area contributed by atoms with Crippen molar-refractivity contribution in [3.63, 3.8) is 0 Å². The normalized spacial score (nSPS) is 10.7. The van der Waals surface area contributed by atoms with Crippen LogP contribution >= 0.6 is 0 Å². The molecule has 3 aromatic rings. The van der Waals surface area contributed by atoms with Crippen LogP contribution in [0.3, 0.4) is 0 Å². The molecule has 29 heavy (non-hydrogen) atoms. The second kappa shape index (κ2) is 9.66. The van der Waals surface area contributed by atoms with E-state index >= 15 is 0 Å². The molecular weight excluding hydrogens is 374 g/mol. The molecule has 7 nitrogen and oxygen atoms in total. The summed E-state index contributed by atoms with van der Waals surface area (Å²) in [4.78, 5) is 36.3. The number of aryl methyl sites for hydroxylation is 1. The molecule has 1 amide bonds. The van der Waals surface area contributed by atoms with Gasteiger partial charge in [-0.2, -0.15) is 0 Å². The Balaban J connectivity index is 1.68. The summed E-state index contributed by atoms with van der Waals surface area (Å²) in [5.74, 6) is -0.644. The van der Waals surface area contributed by atoms with Gasteiger partial charge in [0.15, 0.2) is 0 Å². The molecule has 0 bridgehead atoms. The summed E-state index contributed by atoms with van der Waals surface area (Å²) in [7, 11) is 1.52. The summed E-state index contributed by atoms with van der Waals surface area (Å²) < 4.78 is 15.4. The van der Waals surface area contributed by atoms with Gasteiger partial charge in [0.1, 0.15) is 16.9 Å². The van der Waals surface area contributed by atoms with E-state index < -0.39 is 11.5 Å². The molecule has 3 rings (SSSR count). The van der Waals surface area contributed by atoms with E-state index in [0.29, 0.717) is 18.4 Å². The second-order valence-electron chi connectivity index (χ2n) is 6.36. The van der Waals surface area contributed by atoms with Gasteiger partial charge >= 0.3 is 11.6 Å². The number of benzene rings is 2. The summed E-state index contributed by atoms with van der Waals surface area (Å²) in [5, 5.41) is 3.12. The van der Waals surface area contributed by atoms with Crippen LogP contribution < -0.4 is 15.7 Å². The van der Waals surface area contributed by atoms with Crippen LogP contribution in [0.1, 0.15) is 22.3 Å². The molecule has 0 unspecified atom stereocenters. The van der Waals surface area contributed by atoms with Crippen LogP contribution in [0.15, 0.2) is 63.8 Å². The molecule has 1 aromatic heterocycles. The van der Waals surface area contributed by atoms with E-state index in [9.17, 15) is 14.4 Å². The van der Waals surface area contributed by atoms with Crippen molar-refractivity contribution in [2.75, 3.05) is 20.3 Å². The van der Waals surface area contributed by atoms with Gasteiger partial charge in [0.2, 0.25) is 0 Å². The lowest BCUT2D eigenvalue weighted by molar-refractivity contribution is -0.134. The van der Waals surface area contributed by atoms with Gasteiger partial charge in [-0.1, -0.05) is 30.3 Å². The molecule has 0 saturated heterocycles. The lowest BCUT2D eigenvalue weighted by Gasteiger charge is -2.07. The third kappa shape index (κ3) is 5.52. The lowest BCUT2D eigenvalue weighted by atomic mass is 10.1. The Bertz CT molecular complexity index is 1060. The predicted molar refractivity (Wildman–Crippen MR) is 107 cm³/mol. The summed E-state index contributed by atoms with van der Waals surface area (Å²) in [6, 6.07) is 15.8. The van der Waals surface area contributed by atoms with Gasteiger partial charge in [0.25, 0.3) is 5.91 Å². The van der Waals surface area contributed by atoms with Crippen molar-refractivity contribution in [1.82, 2.24) is 5.32 Å². The first kappa shape index (κ1) is 20.3. The number of hydrogen-bond donors (Lipinski definition) is 1. The maximum atomic E-state index is 12.1. The first-order valence-electron chi connectivity index (χ1n) is 9.16. The van der Waals surface area contributed by atoms with E-state index in [2.05, 4.69) is 5.32 Å². The van der Waals surface area contributed by atoms with Crippen LogP contribution in [0.5, 0.6) is 5.75 Å². The van der Waals surface area contributed by atoms with E-state index in [1.165, 1.54) is 19.2 Å². The summed E-state index contributed by atoms with van der Waals surface area (Å²) >= 11 is 0. The molecule has 0 aliphatic rings. The number of esters is 1. The molecule has 7 heteroatoms. The number of ether oxygens (including phenoxy) is 2. The number of methoxy groups -OCH3 is 1. The van der Waals surface area contributed by atoms with Gasteiger partial charge < -0.3 is 19.2 Å². The van der Waals surface area contributed by atoms with E-state index in [0.717, 1.165) is 5.56 Å². The maximum absolute atomic E-state index is 12.1. The zero-order valence-electron chi connectivity index (χ0n) is 16.0. The molecule has 0 aliphatic heterocycles. The number of nitrogens with one attached hydrogen (secondary N) is 1. The number of carbonyl (C=O) groups excluding carboxylic acids is 2. The fourth-order valence-electron chi connectivity index (χ4n) is 2.75. The van der Waals surface area contributed by atoms with Gasteiger partial charge in [0.05, 0.1) is 6.61 Å². The molecule has 0 spiro atoms. The summed E-state index contributed by atoms with van der Waals surface area (Å²) in [6.45, 7) is 0.619. The van der Waals surface area contributed by atoms with Crippen LogP contribution in [0, 0.1) is 0 Å². The van der Waals surface area contributed by atoms with Crippen LogP contribution in [0.2, 0.25) is 0 Å². The Morgan fingerprint density at radius 2 is 1.86 bits per heavy atom. The van der Waals surface area contributed by atoms with Crippen molar-refractivity contribution in [3.8, 4) is 5.75 Å². The molecule has 0 saturated carbocycles. The molecule has 1 N–H and O–H groups in total. The van der Waals surface area contributed by atoms with E-state index in [-0.39, 0.29) is 35.8 Å². The summed E-state index contributed by atoms with van der Waals surface area (Å²) in [6.07, 6.45) is 0.802. The minimum absolute atomic E-state index is 0.0961. The molecule has 0 atom stereocenters. The van der Waals surface area contributed by atoms with Gasteiger partial charge in [-0.25, -0.2) is 4.79 Å². The highest BCUT2D eigenvalue weighted by Crippen LogP contribution is 2.21. The van der Waals surface area contributed by atoms with Crippen LogP contribution in [-0.4, -0.2) is 32.1 Å². The number of hydrogen-bond acceptors (Lipinski definition) is 6. The molecule has 2 aromatic carbocycles. The van der Waals surface area contributed by atoms with Crippen molar-refractivity contribution < 1.29 is 23.5 Å². The topological polar surface area (TPSA) is 94.8 Å². The fraction of sp³-hybridized carbons (Fsp3) is 0.227. The van der Waals surface area contributed by atoms with Gasteiger partial charge in [-0.15, -0.1) is 0 Å². The van der Waals surface area contributed by atoms with Gasteiger partial charge in [-0.05, 0) is 30.2 Å². The van der Waals surface area contributed by atoms with Crippen molar-refractivity contribution in [2.24, 2.45) is 0 Å². The van der Waals surface area contributed by atoms with Crippen LogP contribution in [-0.2, 0) is 16.0 Å². The molecule has 0 radical (unpaired) electrons. The third-order valence-electron chi connectivity index (χ3n) is 4.24. The van der Waals surface area contributed by atoms with E-state index in [1.807, 2.05) is 30.3 Å². The quantitative estimate of drug-likeness (QED) is 0.273. The molecule has 0 aliphatic carbocycles. The minimum Gasteiger partial charge on any atom is -0.426 e. The standard InChI is InChI=1S/C22H21NO6/c1-27-12-11-23-21(25)18-13-16-8-9-17(14-19(16)29-22(18)26)28-20(24)10-7-15-5-3-2-4-6-15/h2-6,8-9,13-14H,7,10-12H2,1H3,(H,23,25). The summed E-state index contributed by atoms with van der Waals surface area (Å²) in [5.41, 5.74) is 0.420. The van der Waals surface area contributed by atoms with E-state index in [1.54, 1.807) is 12.1 Å². The Morgan fingerprint density at radius 1 is 1.07 bits per heavy atom. The smallest absolute Gasteiger partial charge is 0.349 e. The molecule has 150 valence electrons. The highest BCUT2D eigenvalue weighted by Gasteiger charge is 2.14. The minimum atomic E-state index is -0.764. The lowest BCUT2D eigenvalue weighted by Crippen LogP contribution is -2.30. The Morgan fingerprint density at radius 3 is 2.62 bits per heavy atom. The Kier molecular flexibility index (Phi) is 6.76. The first-order chi connectivity index (χ1) is 14.1. The molecular formula is C22H21NO6. The average molecular weight is 395 g/mol. The van der Waals surface area contributed by atoms with Crippen LogP contribution in [0.4, 0.5) is 0 Å². The van der Waals surface area contributed by atoms with Crippen LogP contribution in [0.25, 0.3) is 11.0 Å². The third-order valence-corrected chi connectivity index (χ3v) is 4.24. The average Bonchev–Trinajstić information content (AvgIpc) is 2.72. The zero-order valence-corrected chi connectivity index (χ0v) is 16.0. The second-order valence-corrected chi connectivity index (χ2v) is 6.36. The number of carbonyl (C=O) groups is 2. The van der Waals surface area contributed by atoms with Crippen molar-refractivity contribution >= 4 is 22.8 Å². The molecule has 0 fully saturated rings. The predicted octanol–water partition coefficient (Wildman–Crippen LogP) is 2.71. The largest absolute Gasteiger partial charge is 0.426 e. The fourth-order valence-corrected chi connectivity index (χ4v) is 2.75.